The molecule has 3 aliphatic rings. The molecule has 1 amide bonds. The lowest BCUT2D eigenvalue weighted by molar-refractivity contribution is -0.111. The van der Waals surface area contributed by atoms with Gasteiger partial charge in [-0.3, -0.25) is 14.5 Å². The highest BCUT2D eigenvalue weighted by atomic mass is 19.1. The van der Waals surface area contributed by atoms with Crippen molar-refractivity contribution in [3.05, 3.63) is 72.8 Å². The van der Waals surface area contributed by atoms with Crippen LogP contribution in [-0.2, 0) is 20.8 Å². The van der Waals surface area contributed by atoms with Crippen molar-refractivity contribution in [2.24, 2.45) is 0 Å². The Morgan fingerprint density at radius 3 is 2.64 bits per heavy atom. The summed E-state index contributed by atoms with van der Waals surface area (Å²) >= 11 is 0. The maximum Gasteiger partial charge on any atom is 0.247 e. The number of hydrogen-bond donors (Lipinski definition) is 2. The average molecular weight is 618 g/mol. The quantitative estimate of drug-likeness (QED) is 0.315. The SMILES string of the molecule is C=CC(=O)Nc1cc(Nc2cc(N3OCC[C@@H]3Cc3cccc(F)c3)ncn2)c(OC)cc1N1CCC(N2CCOCC2)CC1. The number of carbonyl (C=O) groups excluding carboxylic acids is 1. The first-order valence-corrected chi connectivity index (χ1v) is 15.5. The first-order chi connectivity index (χ1) is 22.0. The zero-order chi connectivity index (χ0) is 31.2. The van der Waals surface area contributed by atoms with Gasteiger partial charge in [-0.15, -0.1) is 0 Å². The van der Waals surface area contributed by atoms with Crippen LogP contribution in [0.5, 0.6) is 5.75 Å². The molecule has 0 bridgehead atoms. The number of morpholine rings is 1. The normalized spacial score (nSPS) is 19.4. The molecule has 2 N–H and O–H groups in total. The maximum atomic E-state index is 13.8. The molecule has 6 rings (SSSR count). The van der Waals surface area contributed by atoms with Crippen molar-refractivity contribution in [2.45, 2.75) is 37.8 Å². The fourth-order valence-electron chi connectivity index (χ4n) is 6.35. The van der Waals surface area contributed by atoms with Crippen LogP contribution < -0.4 is 25.3 Å². The van der Waals surface area contributed by atoms with Gasteiger partial charge in [0.15, 0.2) is 5.82 Å². The minimum absolute atomic E-state index is 0.00326. The number of aromatic nitrogens is 2. The number of amides is 1. The molecular weight excluding hydrogens is 577 g/mol. The second-order valence-electron chi connectivity index (χ2n) is 11.5. The molecule has 3 aromatic rings. The Kier molecular flexibility index (Phi) is 9.72. The van der Waals surface area contributed by atoms with Gasteiger partial charge in [0.1, 0.15) is 23.7 Å². The number of benzene rings is 2. The van der Waals surface area contributed by atoms with Gasteiger partial charge < -0.3 is 25.0 Å². The molecule has 3 fully saturated rings. The Morgan fingerprint density at radius 1 is 1.07 bits per heavy atom. The van der Waals surface area contributed by atoms with Gasteiger partial charge in [-0.05, 0) is 55.5 Å². The number of ether oxygens (including phenoxy) is 2. The van der Waals surface area contributed by atoms with E-state index in [1.54, 1.807) is 30.4 Å². The second kappa shape index (κ2) is 14.2. The van der Waals surface area contributed by atoms with Crippen molar-refractivity contribution < 1.29 is 23.5 Å². The van der Waals surface area contributed by atoms with Crippen molar-refractivity contribution in [3.8, 4) is 5.75 Å². The van der Waals surface area contributed by atoms with Crippen molar-refractivity contribution in [1.29, 1.82) is 0 Å². The number of hydrogen-bond acceptors (Lipinski definition) is 10. The molecule has 2 aromatic carbocycles. The lowest BCUT2D eigenvalue weighted by atomic mass is 10.0. The molecule has 1 atom stereocenters. The monoisotopic (exact) mass is 617 g/mol. The molecule has 4 heterocycles. The molecule has 0 radical (unpaired) electrons. The molecule has 12 heteroatoms. The summed E-state index contributed by atoms with van der Waals surface area (Å²) < 4.78 is 25.2. The summed E-state index contributed by atoms with van der Waals surface area (Å²) in [6, 6.07) is 12.8. The number of halogens is 1. The van der Waals surface area contributed by atoms with E-state index in [1.807, 2.05) is 18.2 Å². The van der Waals surface area contributed by atoms with Crippen LogP contribution in [0.15, 0.2) is 61.4 Å². The average Bonchev–Trinajstić information content (AvgIpc) is 3.53. The van der Waals surface area contributed by atoms with Crippen LogP contribution in [0.3, 0.4) is 0 Å². The van der Waals surface area contributed by atoms with Crippen LogP contribution >= 0.6 is 0 Å². The molecule has 0 spiro atoms. The summed E-state index contributed by atoms with van der Waals surface area (Å²) in [5, 5.41) is 8.11. The van der Waals surface area contributed by atoms with E-state index in [9.17, 15) is 9.18 Å². The molecule has 3 saturated heterocycles. The second-order valence-corrected chi connectivity index (χ2v) is 11.5. The summed E-state index contributed by atoms with van der Waals surface area (Å²) in [4.78, 5) is 32.1. The lowest BCUT2D eigenvalue weighted by Gasteiger charge is -2.41. The Bertz CT molecular complexity index is 1490. The molecule has 45 heavy (non-hydrogen) atoms. The number of nitrogens with one attached hydrogen (secondary N) is 2. The zero-order valence-corrected chi connectivity index (χ0v) is 25.6. The van der Waals surface area contributed by atoms with Crippen molar-refractivity contribution in [1.82, 2.24) is 14.9 Å². The highest BCUT2D eigenvalue weighted by Gasteiger charge is 2.29. The van der Waals surface area contributed by atoms with E-state index >= 15 is 0 Å². The minimum Gasteiger partial charge on any atom is -0.494 e. The topological polar surface area (TPSA) is 104 Å². The maximum absolute atomic E-state index is 13.8. The van der Waals surface area contributed by atoms with Crippen molar-refractivity contribution >= 4 is 34.6 Å². The van der Waals surface area contributed by atoms with E-state index in [4.69, 9.17) is 14.3 Å². The molecule has 3 aliphatic heterocycles. The smallest absolute Gasteiger partial charge is 0.247 e. The van der Waals surface area contributed by atoms with Gasteiger partial charge in [0, 0.05) is 44.4 Å². The first kappa shape index (κ1) is 30.8. The Labute approximate surface area is 262 Å². The van der Waals surface area contributed by atoms with Crippen LogP contribution in [0.4, 0.5) is 33.1 Å². The van der Waals surface area contributed by atoms with Gasteiger partial charge >= 0.3 is 0 Å². The van der Waals surface area contributed by atoms with E-state index in [2.05, 4.69) is 37.0 Å². The largest absolute Gasteiger partial charge is 0.494 e. The Morgan fingerprint density at radius 2 is 1.89 bits per heavy atom. The van der Waals surface area contributed by atoms with E-state index < -0.39 is 0 Å². The lowest BCUT2D eigenvalue weighted by Crippen LogP contribution is -2.49. The van der Waals surface area contributed by atoms with Crippen LogP contribution in [-0.4, -0.2) is 86.0 Å². The number of anilines is 5. The number of nitrogens with zero attached hydrogens (tertiary/aromatic N) is 5. The van der Waals surface area contributed by atoms with Gasteiger partial charge in [0.25, 0.3) is 0 Å². The molecule has 0 aliphatic carbocycles. The molecule has 0 unspecified atom stereocenters. The predicted molar refractivity (Wildman–Crippen MR) is 172 cm³/mol. The third kappa shape index (κ3) is 7.35. The van der Waals surface area contributed by atoms with E-state index in [1.165, 1.54) is 18.5 Å². The van der Waals surface area contributed by atoms with Gasteiger partial charge in [-0.1, -0.05) is 18.7 Å². The molecule has 1 aromatic heterocycles. The van der Waals surface area contributed by atoms with Gasteiger partial charge in [0.2, 0.25) is 5.91 Å². The van der Waals surface area contributed by atoms with Gasteiger partial charge in [0.05, 0.1) is 50.0 Å². The van der Waals surface area contributed by atoms with E-state index in [0.29, 0.717) is 47.8 Å². The van der Waals surface area contributed by atoms with Crippen LogP contribution in [0.2, 0.25) is 0 Å². The minimum atomic E-state index is -0.296. The van der Waals surface area contributed by atoms with E-state index in [-0.39, 0.29) is 17.8 Å². The van der Waals surface area contributed by atoms with Gasteiger partial charge in [-0.2, -0.15) is 0 Å². The van der Waals surface area contributed by atoms with Crippen LogP contribution in [0.1, 0.15) is 24.8 Å². The van der Waals surface area contributed by atoms with Crippen LogP contribution in [0.25, 0.3) is 0 Å². The molecular formula is C33H40FN7O4. The standard InChI is InChI=1S/C33H40FN7O4/c1-3-33(42)38-27-19-28(30(43-2)20-29(27)40-10-7-25(8-11-40)39-12-15-44-16-13-39)37-31-21-32(36-22-35-31)41-26(9-14-45-41)18-23-5-4-6-24(34)17-23/h3-6,17,19-22,25-26H,1,7-16,18H2,2H3,(H,38,42)(H,35,36,37)/t26-/m1/s1. The number of rotatable bonds is 10. The summed E-state index contributed by atoms with van der Waals surface area (Å²) in [5.74, 6) is 1.17. The highest BCUT2D eigenvalue weighted by Crippen LogP contribution is 2.40. The number of methoxy groups -OCH3 is 1. The summed E-state index contributed by atoms with van der Waals surface area (Å²) in [7, 11) is 1.62. The Balaban J connectivity index is 1.21. The van der Waals surface area contributed by atoms with Crippen molar-refractivity contribution in [3.63, 3.8) is 0 Å². The summed E-state index contributed by atoms with van der Waals surface area (Å²) in [5.41, 5.74) is 3.07. The predicted octanol–water partition coefficient (Wildman–Crippen LogP) is 4.55. The Hall–Kier alpha value is -4.26. The first-order valence-electron chi connectivity index (χ1n) is 15.5. The highest BCUT2D eigenvalue weighted by molar-refractivity contribution is 6.02. The molecule has 0 saturated carbocycles. The summed E-state index contributed by atoms with van der Waals surface area (Å²) in [6.45, 7) is 9.42. The third-order valence-corrected chi connectivity index (χ3v) is 8.64. The zero-order valence-electron chi connectivity index (χ0n) is 25.6. The number of carbonyl (C=O) groups is 1. The number of hydroxylamine groups is 1. The molecule has 238 valence electrons. The van der Waals surface area contributed by atoms with E-state index in [0.717, 1.165) is 69.9 Å². The van der Waals surface area contributed by atoms with Crippen LogP contribution in [0, 0.1) is 5.82 Å². The summed E-state index contributed by atoms with van der Waals surface area (Å²) in [6.07, 6.45) is 6.20. The van der Waals surface area contributed by atoms with Gasteiger partial charge in [-0.25, -0.2) is 19.4 Å². The van der Waals surface area contributed by atoms with Crippen molar-refractivity contribution in [2.75, 3.05) is 73.7 Å². The third-order valence-electron chi connectivity index (χ3n) is 8.64. The molecule has 11 nitrogen and oxygen atoms in total. The number of piperidine rings is 1. The fourth-order valence-corrected chi connectivity index (χ4v) is 6.35. The fraction of sp³-hybridized carbons (Fsp3) is 0.424.